The molecule has 2 aromatic carbocycles. The second-order valence-electron chi connectivity index (χ2n) is 14.7. The lowest BCUT2D eigenvalue weighted by molar-refractivity contribution is 0.0122. The Balaban J connectivity index is 1.21. The molecule has 4 fully saturated rings. The number of hydrogen-bond donors (Lipinski definition) is 0. The van der Waals surface area contributed by atoms with E-state index >= 15 is 8.78 Å². The summed E-state index contributed by atoms with van der Waals surface area (Å²) in [7, 11) is 0. The molecule has 4 aliphatic heterocycles. The van der Waals surface area contributed by atoms with E-state index in [1.54, 1.807) is 12.1 Å². The van der Waals surface area contributed by atoms with Crippen LogP contribution in [-0.4, -0.2) is 86.9 Å². The molecule has 0 radical (unpaired) electrons. The van der Waals surface area contributed by atoms with E-state index in [1.807, 2.05) is 25.7 Å². The number of pyridine rings is 1. The molecule has 0 spiro atoms. The summed E-state index contributed by atoms with van der Waals surface area (Å²) in [4.78, 5) is 33.5. The zero-order valence-electron chi connectivity index (χ0n) is 27.4. The van der Waals surface area contributed by atoms with Crippen molar-refractivity contribution in [3.63, 3.8) is 0 Å². The monoisotopic (exact) mass is 660 g/mol. The molecule has 2 aromatic heterocycles. The Hall–Kier alpha value is -4.19. The average Bonchev–Trinajstić information content (AvgIpc) is 3.71. The molecule has 0 aliphatic carbocycles. The van der Waals surface area contributed by atoms with Crippen LogP contribution in [0.4, 0.5) is 23.8 Å². The molecule has 2 bridgehead atoms. The second-order valence-corrected chi connectivity index (χ2v) is 14.7. The standard InChI is InChI=1S/C36H39F3N6O3/c1-35(2,3)48-34(46)45-22-10-11-23(45)19-43(18-22)32-25-17-40-30(24-8-4-7-21-9-12-26(37)28(38)27(21)24)29(39)31(25)41-33(42-32)47-20-36-13-5-15-44(36)16-6-14-36/h4,7-9,12,17,22-23H,5-6,10-11,13-16,18-20H2,1-3H3. The minimum atomic E-state index is -1.06. The first-order valence-electron chi connectivity index (χ1n) is 16.9. The van der Waals surface area contributed by atoms with Gasteiger partial charge in [0, 0.05) is 30.2 Å². The summed E-state index contributed by atoms with van der Waals surface area (Å²) in [5.41, 5.74) is -0.719. The van der Waals surface area contributed by atoms with Crippen molar-refractivity contribution in [3.05, 3.63) is 54.0 Å². The maximum atomic E-state index is 16.8. The van der Waals surface area contributed by atoms with Crippen molar-refractivity contribution in [2.45, 2.75) is 82.5 Å². The number of ether oxygens (including phenoxy) is 2. The highest BCUT2D eigenvalue weighted by Gasteiger charge is 2.46. The fraction of sp³-hybridized carbons (Fsp3) is 0.500. The van der Waals surface area contributed by atoms with Crippen LogP contribution in [0.3, 0.4) is 0 Å². The molecular formula is C36H39F3N6O3. The number of hydrogen-bond acceptors (Lipinski definition) is 8. The molecule has 4 aliphatic rings. The Kier molecular flexibility index (Phi) is 7.43. The van der Waals surface area contributed by atoms with Crippen molar-refractivity contribution in [1.29, 1.82) is 0 Å². The molecule has 1 amide bonds. The van der Waals surface area contributed by atoms with Crippen LogP contribution >= 0.6 is 0 Å². The van der Waals surface area contributed by atoms with Crippen LogP contribution in [0, 0.1) is 17.5 Å². The molecule has 252 valence electrons. The largest absolute Gasteiger partial charge is 0.461 e. The molecule has 2 atom stereocenters. The topological polar surface area (TPSA) is 83.9 Å². The first-order chi connectivity index (χ1) is 23.0. The normalized spacial score (nSPS) is 22.1. The van der Waals surface area contributed by atoms with E-state index in [0.29, 0.717) is 36.3 Å². The number of rotatable bonds is 5. The first-order valence-corrected chi connectivity index (χ1v) is 16.9. The van der Waals surface area contributed by atoms with Gasteiger partial charge in [0.05, 0.1) is 23.0 Å². The van der Waals surface area contributed by atoms with Crippen LogP contribution < -0.4 is 9.64 Å². The number of aromatic nitrogens is 3. The lowest BCUT2D eigenvalue weighted by atomic mass is 9.95. The van der Waals surface area contributed by atoms with Crippen LogP contribution in [0.5, 0.6) is 6.01 Å². The van der Waals surface area contributed by atoms with E-state index in [0.717, 1.165) is 57.7 Å². The molecule has 0 N–H and O–H groups in total. The van der Waals surface area contributed by atoms with Crippen LogP contribution in [0.1, 0.15) is 59.3 Å². The van der Waals surface area contributed by atoms with Gasteiger partial charge < -0.3 is 14.4 Å². The zero-order valence-corrected chi connectivity index (χ0v) is 27.4. The number of nitrogens with zero attached hydrogens (tertiary/aromatic N) is 6. The summed E-state index contributed by atoms with van der Waals surface area (Å²) in [6, 6.07) is 7.19. The number of anilines is 1. The van der Waals surface area contributed by atoms with Crippen molar-refractivity contribution >= 4 is 33.6 Å². The molecule has 9 nitrogen and oxygen atoms in total. The molecule has 12 heteroatoms. The lowest BCUT2D eigenvalue weighted by Crippen LogP contribution is -2.57. The molecule has 8 rings (SSSR count). The number of amides is 1. The highest BCUT2D eigenvalue weighted by atomic mass is 19.2. The SMILES string of the molecule is CC(C)(C)OC(=O)N1C2CCC1CN(c1nc(OCC34CCCN3CCC4)nc3c(F)c(-c4cccc5ccc(F)c(F)c45)ncc13)C2. The van der Waals surface area contributed by atoms with Crippen LogP contribution in [-0.2, 0) is 4.74 Å². The van der Waals surface area contributed by atoms with Crippen LogP contribution in [0.2, 0.25) is 0 Å². The highest BCUT2D eigenvalue weighted by molar-refractivity contribution is 5.99. The highest BCUT2D eigenvalue weighted by Crippen LogP contribution is 2.41. The summed E-state index contributed by atoms with van der Waals surface area (Å²) < 4.78 is 58.4. The average molecular weight is 661 g/mol. The van der Waals surface area contributed by atoms with Crippen molar-refractivity contribution in [1.82, 2.24) is 24.8 Å². The molecule has 0 saturated carbocycles. The minimum Gasteiger partial charge on any atom is -0.461 e. The first kappa shape index (κ1) is 31.1. The fourth-order valence-electron chi connectivity index (χ4n) is 8.37. The van der Waals surface area contributed by atoms with Gasteiger partial charge in [0.25, 0.3) is 0 Å². The Morgan fingerprint density at radius 1 is 0.979 bits per heavy atom. The Morgan fingerprint density at radius 3 is 2.42 bits per heavy atom. The molecule has 6 heterocycles. The molecule has 4 saturated heterocycles. The minimum absolute atomic E-state index is 0.0112. The summed E-state index contributed by atoms with van der Waals surface area (Å²) in [6.07, 6.45) is 7.03. The van der Waals surface area contributed by atoms with Gasteiger partial charge in [0.1, 0.15) is 29.2 Å². The predicted octanol–water partition coefficient (Wildman–Crippen LogP) is 6.86. The van der Waals surface area contributed by atoms with Gasteiger partial charge in [-0.2, -0.15) is 9.97 Å². The summed E-state index contributed by atoms with van der Waals surface area (Å²) in [5, 5.41) is 0.753. The maximum absolute atomic E-state index is 16.8. The third kappa shape index (κ3) is 5.19. The lowest BCUT2D eigenvalue weighted by Gasteiger charge is -2.42. The van der Waals surface area contributed by atoms with Gasteiger partial charge in [0.2, 0.25) is 0 Å². The smallest absolute Gasteiger partial charge is 0.410 e. The van der Waals surface area contributed by atoms with Gasteiger partial charge in [-0.3, -0.25) is 14.8 Å². The summed E-state index contributed by atoms with van der Waals surface area (Å²) >= 11 is 0. The van der Waals surface area contributed by atoms with Gasteiger partial charge in [-0.15, -0.1) is 0 Å². The molecule has 2 unspecified atom stereocenters. The third-order valence-corrected chi connectivity index (χ3v) is 10.5. The van der Waals surface area contributed by atoms with Crippen LogP contribution in [0.15, 0.2) is 36.5 Å². The predicted molar refractivity (Wildman–Crippen MR) is 176 cm³/mol. The number of piperazine rings is 1. The van der Waals surface area contributed by atoms with E-state index in [4.69, 9.17) is 14.5 Å². The number of halogens is 3. The van der Waals surface area contributed by atoms with E-state index in [9.17, 15) is 9.18 Å². The fourth-order valence-corrected chi connectivity index (χ4v) is 8.37. The van der Waals surface area contributed by atoms with Gasteiger partial charge in [-0.05, 0) is 83.8 Å². The summed E-state index contributed by atoms with van der Waals surface area (Å²) in [6.45, 7) is 8.95. The Bertz CT molecular complexity index is 1910. The van der Waals surface area contributed by atoms with Gasteiger partial charge >= 0.3 is 12.1 Å². The number of benzene rings is 2. The second kappa shape index (κ2) is 11.5. The number of fused-ring (bicyclic) bond motifs is 5. The maximum Gasteiger partial charge on any atom is 0.410 e. The quantitative estimate of drug-likeness (QED) is 0.230. The Morgan fingerprint density at radius 2 is 1.71 bits per heavy atom. The van der Waals surface area contributed by atoms with E-state index in [2.05, 4.69) is 19.8 Å². The van der Waals surface area contributed by atoms with E-state index < -0.39 is 23.1 Å². The van der Waals surface area contributed by atoms with Crippen molar-refractivity contribution in [3.8, 4) is 17.3 Å². The van der Waals surface area contributed by atoms with E-state index in [1.165, 1.54) is 18.3 Å². The zero-order chi connectivity index (χ0) is 33.4. The summed E-state index contributed by atoms with van der Waals surface area (Å²) in [5.74, 6) is -2.39. The number of carbonyl (C=O) groups excluding carboxylic acids is 1. The van der Waals surface area contributed by atoms with Gasteiger partial charge in [0.15, 0.2) is 17.5 Å². The van der Waals surface area contributed by atoms with Crippen molar-refractivity contribution < 1.29 is 27.4 Å². The van der Waals surface area contributed by atoms with Gasteiger partial charge in [-0.25, -0.2) is 18.0 Å². The van der Waals surface area contributed by atoms with Crippen molar-refractivity contribution in [2.24, 2.45) is 0 Å². The molecular weight excluding hydrogens is 621 g/mol. The van der Waals surface area contributed by atoms with E-state index in [-0.39, 0.29) is 51.9 Å². The Labute approximate surface area is 277 Å². The third-order valence-electron chi connectivity index (χ3n) is 10.5. The van der Waals surface area contributed by atoms with Crippen LogP contribution in [0.25, 0.3) is 32.9 Å². The van der Waals surface area contributed by atoms with Gasteiger partial charge in [-0.1, -0.05) is 24.3 Å². The molecule has 48 heavy (non-hydrogen) atoms. The molecule has 4 aromatic rings. The number of carbonyl (C=O) groups is 1. The van der Waals surface area contributed by atoms with Crippen molar-refractivity contribution in [2.75, 3.05) is 37.7 Å².